The van der Waals surface area contributed by atoms with Crippen LogP contribution in [0.5, 0.6) is 0 Å². The molecule has 0 bridgehead atoms. The largest absolute Gasteiger partial charge is 0.445 e. The number of primary amides is 1. The van der Waals surface area contributed by atoms with Crippen LogP contribution < -0.4 is 21.7 Å². The number of carbonyl (C=O) groups is 8. The molecule has 466 valence electrons. The van der Waals surface area contributed by atoms with Gasteiger partial charge in [0.1, 0.15) is 48.2 Å². The first kappa shape index (κ1) is 64.8. The number of carbonyl (C=O) groups excluding carboxylic acids is 8. The van der Waals surface area contributed by atoms with E-state index in [9.17, 15) is 52.2 Å². The molecule has 24 heteroatoms. The van der Waals surface area contributed by atoms with Crippen molar-refractivity contribution in [2.45, 2.75) is 111 Å². The van der Waals surface area contributed by atoms with Gasteiger partial charge in [0.2, 0.25) is 11.8 Å². The number of benzene rings is 4. The molecule has 1 fully saturated rings. The fourth-order valence-electron chi connectivity index (χ4n) is 11.2. The normalized spacial score (nSPS) is 16.8. The number of anilines is 1. The van der Waals surface area contributed by atoms with Crippen molar-refractivity contribution in [1.82, 2.24) is 39.9 Å². The van der Waals surface area contributed by atoms with Gasteiger partial charge in [-0.1, -0.05) is 77.1 Å². The number of aliphatic hydroxyl groups excluding tert-OH is 1. The Hall–Kier alpha value is -9.19. The van der Waals surface area contributed by atoms with Crippen LogP contribution in [0.1, 0.15) is 89.4 Å². The van der Waals surface area contributed by atoms with E-state index in [0.29, 0.717) is 22.4 Å². The number of H-pyrrole nitrogens is 1. The number of hydrogen-bond acceptors (Lipinski definition) is 11. The minimum atomic E-state index is -1.68. The van der Waals surface area contributed by atoms with Crippen LogP contribution in [0, 0.1) is 40.6 Å². The van der Waals surface area contributed by atoms with Gasteiger partial charge in [0.05, 0.1) is 24.3 Å². The highest BCUT2D eigenvalue weighted by molar-refractivity contribution is 6.15. The zero-order valence-electron chi connectivity index (χ0n) is 49.6. The number of nitrogens with two attached hydrogens (primary N) is 1. The average Bonchev–Trinajstić information content (AvgIpc) is 1.86. The molecule has 8 rings (SSSR count). The number of Topliss-reactive ketones (excluding diaryl/α,β-unsaturated/α-hetero) is 1. The number of halogens is 4. The number of nitrogens with one attached hydrogen (secondary N) is 4. The Kier molecular flexibility index (Phi) is 20.7. The Morgan fingerprint density at radius 3 is 2.25 bits per heavy atom. The number of aromatic amines is 1. The Labute approximate surface area is 505 Å². The first-order valence-corrected chi connectivity index (χ1v) is 28.9. The number of ether oxygens (including phenoxy) is 1. The summed E-state index contributed by atoms with van der Waals surface area (Å²) in [5.41, 5.74) is 6.86. The second-order valence-corrected chi connectivity index (χ2v) is 23.7. The lowest BCUT2D eigenvalue weighted by atomic mass is 9.84. The first-order valence-electron chi connectivity index (χ1n) is 28.9. The van der Waals surface area contributed by atoms with Gasteiger partial charge in [-0.15, -0.1) is 0 Å². The van der Waals surface area contributed by atoms with E-state index in [-0.39, 0.29) is 75.6 Å². The molecule has 0 saturated carbocycles. The first-order chi connectivity index (χ1) is 41.8. The number of fused-ring (bicyclic) bond motifs is 1. The number of ketones is 1. The number of imide groups is 1. The van der Waals surface area contributed by atoms with Gasteiger partial charge >= 0.3 is 12.1 Å². The van der Waals surface area contributed by atoms with Crippen molar-refractivity contribution in [3.05, 3.63) is 156 Å². The molecular formula is C64H72F4N10O10. The molecule has 0 aliphatic carbocycles. The van der Waals surface area contributed by atoms with Crippen LogP contribution in [0.3, 0.4) is 0 Å². The van der Waals surface area contributed by atoms with Gasteiger partial charge in [-0.05, 0) is 96.3 Å². The van der Waals surface area contributed by atoms with E-state index in [4.69, 9.17) is 15.5 Å². The van der Waals surface area contributed by atoms with Crippen LogP contribution in [0.4, 0.5) is 32.8 Å². The lowest BCUT2D eigenvalue weighted by molar-refractivity contribution is -0.146. The number of aliphatic hydroxyl groups is 1. The van der Waals surface area contributed by atoms with Crippen molar-refractivity contribution in [1.29, 1.82) is 0 Å². The van der Waals surface area contributed by atoms with Crippen LogP contribution in [0.2, 0.25) is 0 Å². The summed E-state index contributed by atoms with van der Waals surface area (Å²) in [6.45, 7) is 8.86. The highest BCUT2D eigenvalue weighted by Crippen LogP contribution is 2.41. The second kappa shape index (κ2) is 28.1. The minimum Gasteiger partial charge on any atom is -0.445 e. The molecular weight excluding hydrogens is 1140 g/mol. The number of para-hydroxylation sites is 1. The molecule has 0 spiro atoms. The van der Waals surface area contributed by atoms with Crippen LogP contribution >= 0.6 is 0 Å². The van der Waals surface area contributed by atoms with Crippen molar-refractivity contribution in [3.63, 3.8) is 0 Å². The van der Waals surface area contributed by atoms with Crippen LogP contribution in [-0.2, 0) is 53.1 Å². The molecule has 0 radical (unpaired) electrons. The molecule has 8 amide bonds. The molecule has 2 aliphatic heterocycles. The van der Waals surface area contributed by atoms with Crippen molar-refractivity contribution in [3.8, 4) is 11.3 Å². The van der Waals surface area contributed by atoms with Crippen LogP contribution in [0.15, 0.2) is 116 Å². The summed E-state index contributed by atoms with van der Waals surface area (Å²) in [6, 6.07) is 17.8. The molecule has 6 aromatic rings. The molecule has 7 N–H and O–H groups in total. The Morgan fingerprint density at radius 1 is 0.875 bits per heavy atom. The summed E-state index contributed by atoms with van der Waals surface area (Å²) < 4.78 is 67.9. The maximum absolute atomic E-state index is 16.3. The van der Waals surface area contributed by atoms with E-state index >= 15 is 8.78 Å². The average molecular weight is 1220 g/mol. The summed E-state index contributed by atoms with van der Waals surface area (Å²) in [4.78, 5) is 119. The number of hydrogen-bond donors (Lipinski definition) is 6. The second-order valence-electron chi connectivity index (χ2n) is 23.7. The molecule has 2 aromatic heterocycles. The molecule has 0 unspecified atom stereocenters. The zero-order chi connectivity index (χ0) is 63.7. The van der Waals surface area contributed by atoms with Crippen molar-refractivity contribution >= 4 is 64.0 Å². The predicted octanol–water partition coefficient (Wildman–Crippen LogP) is 8.04. The maximum Gasteiger partial charge on any atom is 0.410 e. The van der Waals surface area contributed by atoms with E-state index in [1.165, 1.54) is 36.2 Å². The van der Waals surface area contributed by atoms with E-state index < -0.39 is 125 Å². The zero-order valence-corrected chi connectivity index (χ0v) is 49.6. The third-order valence-electron chi connectivity index (χ3n) is 15.6. The quantitative estimate of drug-likeness (QED) is 0.0181. The highest BCUT2D eigenvalue weighted by Gasteiger charge is 2.45. The fraction of sp³-hybridized carbons (Fsp3) is 0.391. The summed E-state index contributed by atoms with van der Waals surface area (Å²) in [5.74, 6) is -8.39. The van der Waals surface area contributed by atoms with Gasteiger partial charge in [-0.3, -0.25) is 33.7 Å². The van der Waals surface area contributed by atoms with Gasteiger partial charge in [-0.2, -0.15) is 0 Å². The van der Waals surface area contributed by atoms with Crippen LogP contribution in [-0.4, -0.2) is 132 Å². The Balaban J connectivity index is 0.922. The predicted molar refractivity (Wildman–Crippen MR) is 317 cm³/mol. The number of amides is 8. The van der Waals surface area contributed by atoms with Gasteiger partial charge in [0.25, 0.3) is 17.7 Å². The molecule has 7 atom stereocenters. The number of nitrogens with zero attached hydrogens (tertiary/aromatic N) is 5. The lowest BCUT2D eigenvalue weighted by Gasteiger charge is -2.41. The van der Waals surface area contributed by atoms with Crippen molar-refractivity contribution < 1.29 is 65.8 Å². The van der Waals surface area contributed by atoms with Gasteiger partial charge in [-0.25, -0.2) is 32.1 Å². The number of imidazole rings is 1. The molecule has 1 saturated heterocycles. The summed E-state index contributed by atoms with van der Waals surface area (Å²) in [5, 5.41) is 19.7. The van der Waals surface area contributed by atoms with E-state index in [1.807, 2.05) is 24.3 Å². The van der Waals surface area contributed by atoms with Gasteiger partial charge in [0.15, 0.2) is 5.78 Å². The standard InChI is InChI=1S/C64H72F4N10O10/c1-36(2)56(74-60(84)52(78-54(81)22-23-55(78)82)26-41-29-71-50-15-8-7-14-46(41)50)53(80)27-40(12-10-24-70-62(69)86)59(83)72-45-19-16-38(17-20-45)35-88-63(87)76-31-42(49(68)33-76)32-77(61(85)37(3)79)57(64(4,5)6)58-73-51(47-28-44(66)18-21-48(47)67)34-75(58)30-39-11-9-13-43(65)25-39/h7-9,11,13-23,25,28-29,34,36-37,40,42,49,52,56-57,71,79H,10,12,24,26-27,30-33,35H2,1-6H3,(H,72,83)(H,74,84)(H3,69,70,86)/t37-,40+,42-,49-,52-,56-,57-/m0/s1. The van der Waals surface area contributed by atoms with Gasteiger partial charge in [0, 0.05) is 97.6 Å². The molecule has 4 aromatic carbocycles. The van der Waals surface area contributed by atoms with Crippen molar-refractivity contribution in [2.24, 2.45) is 28.9 Å². The Bertz CT molecular complexity index is 3580. The summed E-state index contributed by atoms with van der Waals surface area (Å²) in [7, 11) is 0. The fourth-order valence-corrected chi connectivity index (χ4v) is 11.2. The molecule has 88 heavy (non-hydrogen) atoms. The number of aromatic nitrogens is 3. The number of likely N-dealkylation sites (tertiary alicyclic amines) is 1. The summed E-state index contributed by atoms with van der Waals surface area (Å²) in [6.07, 6.45) is 1.08. The molecule has 2 aliphatic rings. The third kappa shape index (κ3) is 15.9. The highest BCUT2D eigenvalue weighted by atomic mass is 19.1. The monoisotopic (exact) mass is 1220 g/mol. The minimum absolute atomic E-state index is 0.00246. The maximum atomic E-state index is 16.3. The summed E-state index contributed by atoms with van der Waals surface area (Å²) >= 11 is 0. The smallest absolute Gasteiger partial charge is 0.410 e. The topological polar surface area (TPSA) is 271 Å². The number of alkyl halides is 1. The van der Waals surface area contributed by atoms with E-state index in [0.717, 1.165) is 51.1 Å². The molecule has 4 heterocycles. The van der Waals surface area contributed by atoms with Crippen molar-refractivity contribution in [2.75, 3.05) is 31.5 Å². The molecule has 20 nitrogen and oxygen atoms in total. The van der Waals surface area contributed by atoms with Crippen LogP contribution in [0.25, 0.3) is 22.2 Å². The SMILES string of the molecule is CC(C)[C@H](NC(=O)[C@H](Cc1c[nH]c2ccccc12)N1C(=O)C=CC1=O)C(=O)C[C@@H](CCCNC(N)=O)C(=O)Nc1ccc(COC(=O)N2C[C@@H](CN(C(=O)[C@H](C)O)[C@@H](c3nc(-c4cc(F)ccc4F)cn3Cc3cccc(F)c3)C(C)(C)C)[C@@H](F)C2)cc1. The third-order valence-corrected chi connectivity index (χ3v) is 15.6. The number of urea groups is 1. The lowest BCUT2D eigenvalue weighted by Crippen LogP contribution is -2.55. The van der Waals surface area contributed by atoms with E-state index in [2.05, 4.69) is 20.9 Å². The Morgan fingerprint density at radius 2 is 1.58 bits per heavy atom. The number of rotatable bonds is 25. The van der Waals surface area contributed by atoms with E-state index in [1.54, 1.807) is 75.7 Å². The van der Waals surface area contributed by atoms with Gasteiger partial charge < -0.3 is 50.9 Å².